The zero-order valence-electron chi connectivity index (χ0n) is 10.4. The van der Waals surface area contributed by atoms with Crippen LogP contribution in [0.1, 0.15) is 20.8 Å². The summed E-state index contributed by atoms with van der Waals surface area (Å²) < 4.78 is 0.775. The van der Waals surface area contributed by atoms with Gasteiger partial charge < -0.3 is 10.4 Å². The summed E-state index contributed by atoms with van der Waals surface area (Å²) >= 11 is 7.42. The van der Waals surface area contributed by atoms with Crippen LogP contribution in [0.3, 0.4) is 0 Å². The Hall–Kier alpha value is -1.52. The summed E-state index contributed by atoms with van der Waals surface area (Å²) in [6, 6.07) is 9.13. The molecule has 0 saturated carbocycles. The second kappa shape index (κ2) is 6.08. The lowest BCUT2D eigenvalue weighted by molar-refractivity contribution is 0.0698. The van der Waals surface area contributed by atoms with E-state index in [4.69, 9.17) is 16.7 Å². The first kappa shape index (κ1) is 13.9. The first-order valence-electron chi connectivity index (χ1n) is 5.89. The Kier molecular flexibility index (Phi) is 4.45. The molecule has 0 aliphatic rings. The average Bonchev–Trinajstić information content (AvgIpc) is 2.77. The molecule has 5 heteroatoms. The van der Waals surface area contributed by atoms with Crippen LogP contribution in [0.25, 0.3) is 0 Å². The largest absolute Gasteiger partial charge is 0.478 e. The van der Waals surface area contributed by atoms with E-state index < -0.39 is 5.97 Å². The number of carbonyl (C=O) groups is 1. The summed E-state index contributed by atoms with van der Waals surface area (Å²) in [4.78, 5) is 12.3. The average molecular weight is 296 g/mol. The number of hydrogen-bond acceptors (Lipinski definition) is 3. The molecule has 1 heterocycles. The van der Waals surface area contributed by atoms with E-state index in [0.29, 0.717) is 17.8 Å². The van der Waals surface area contributed by atoms with Crippen molar-refractivity contribution in [2.45, 2.75) is 13.3 Å². The fourth-order valence-corrected chi connectivity index (χ4v) is 2.96. The maximum Gasteiger partial charge on any atom is 0.337 e. The number of nitrogens with one attached hydrogen (secondary N) is 1. The van der Waals surface area contributed by atoms with E-state index in [1.807, 2.05) is 25.1 Å². The van der Waals surface area contributed by atoms with Crippen molar-refractivity contribution in [1.29, 1.82) is 0 Å². The zero-order chi connectivity index (χ0) is 13.8. The van der Waals surface area contributed by atoms with Gasteiger partial charge in [-0.3, -0.25) is 0 Å². The molecular formula is C14H14ClNO2S. The maximum atomic E-state index is 11.2. The molecule has 2 aromatic rings. The van der Waals surface area contributed by atoms with Gasteiger partial charge in [0.1, 0.15) is 0 Å². The predicted octanol–water partition coefficient (Wildman–Crippen LogP) is 4.06. The first-order valence-corrected chi connectivity index (χ1v) is 7.08. The molecule has 0 saturated heterocycles. The van der Waals surface area contributed by atoms with Crippen LogP contribution < -0.4 is 5.32 Å². The van der Waals surface area contributed by atoms with Gasteiger partial charge in [-0.1, -0.05) is 23.7 Å². The second-order valence-electron chi connectivity index (χ2n) is 4.19. The number of carboxylic acid groups (broad SMARTS) is 1. The summed E-state index contributed by atoms with van der Waals surface area (Å²) in [7, 11) is 0. The van der Waals surface area contributed by atoms with Crippen LogP contribution in [-0.2, 0) is 6.42 Å². The molecule has 0 aliphatic heterocycles. The van der Waals surface area contributed by atoms with Crippen LogP contribution in [-0.4, -0.2) is 17.6 Å². The summed E-state index contributed by atoms with van der Waals surface area (Å²) in [6.07, 6.45) is 0.824. The highest BCUT2D eigenvalue weighted by Crippen LogP contribution is 2.23. The van der Waals surface area contributed by atoms with E-state index in [9.17, 15) is 4.79 Å². The number of benzene rings is 1. The van der Waals surface area contributed by atoms with Crippen LogP contribution >= 0.6 is 22.9 Å². The van der Waals surface area contributed by atoms with Gasteiger partial charge in [-0.05, 0) is 37.1 Å². The number of rotatable bonds is 5. The normalized spacial score (nSPS) is 10.4. The molecule has 0 amide bonds. The highest BCUT2D eigenvalue weighted by molar-refractivity contribution is 7.16. The van der Waals surface area contributed by atoms with Gasteiger partial charge in [-0.2, -0.15) is 0 Å². The number of anilines is 1. The van der Waals surface area contributed by atoms with Crippen molar-refractivity contribution in [2.24, 2.45) is 0 Å². The lowest BCUT2D eigenvalue weighted by Gasteiger charge is -2.12. The Morgan fingerprint density at radius 2 is 2.16 bits per heavy atom. The van der Waals surface area contributed by atoms with Gasteiger partial charge in [0.2, 0.25) is 0 Å². The minimum atomic E-state index is -0.912. The Bertz CT molecular complexity index is 595. The van der Waals surface area contributed by atoms with E-state index in [0.717, 1.165) is 16.3 Å². The first-order chi connectivity index (χ1) is 9.08. The van der Waals surface area contributed by atoms with Crippen molar-refractivity contribution in [3.63, 3.8) is 0 Å². The van der Waals surface area contributed by atoms with Crippen molar-refractivity contribution in [3.8, 4) is 0 Å². The number of carboxylic acids is 1. The van der Waals surface area contributed by atoms with E-state index in [1.165, 1.54) is 4.88 Å². The fourth-order valence-electron chi connectivity index (χ4n) is 1.88. The number of halogens is 1. The Morgan fingerprint density at radius 3 is 2.79 bits per heavy atom. The van der Waals surface area contributed by atoms with Crippen LogP contribution in [0.4, 0.5) is 5.69 Å². The summed E-state index contributed by atoms with van der Waals surface area (Å²) in [5.74, 6) is -0.912. The molecule has 2 N–H and O–H groups in total. The van der Waals surface area contributed by atoms with Crippen molar-refractivity contribution in [1.82, 2.24) is 0 Å². The van der Waals surface area contributed by atoms with Crippen LogP contribution in [0, 0.1) is 6.92 Å². The van der Waals surface area contributed by atoms with Crippen LogP contribution in [0.15, 0.2) is 30.3 Å². The molecule has 2 rings (SSSR count). The SMILES string of the molecule is Cc1cccc(C(=O)O)c1NCCc1ccc(Cl)s1. The molecule has 19 heavy (non-hydrogen) atoms. The molecule has 0 radical (unpaired) electrons. The van der Waals surface area contributed by atoms with E-state index in [2.05, 4.69) is 5.32 Å². The highest BCUT2D eigenvalue weighted by atomic mass is 35.5. The molecule has 1 aromatic heterocycles. The molecule has 3 nitrogen and oxygen atoms in total. The Labute approximate surface area is 120 Å². The molecule has 0 spiro atoms. The van der Waals surface area contributed by atoms with Gasteiger partial charge in [-0.15, -0.1) is 11.3 Å². The van der Waals surface area contributed by atoms with Crippen molar-refractivity contribution in [3.05, 3.63) is 50.7 Å². The van der Waals surface area contributed by atoms with E-state index in [1.54, 1.807) is 23.5 Å². The fraction of sp³-hybridized carbons (Fsp3) is 0.214. The Balaban J connectivity index is 2.05. The molecule has 0 aliphatic carbocycles. The van der Waals surface area contributed by atoms with Crippen molar-refractivity contribution < 1.29 is 9.90 Å². The zero-order valence-corrected chi connectivity index (χ0v) is 12.0. The van der Waals surface area contributed by atoms with E-state index >= 15 is 0 Å². The van der Waals surface area contributed by atoms with Crippen molar-refractivity contribution >= 4 is 34.6 Å². The number of aromatic carboxylic acids is 1. The van der Waals surface area contributed by atoms with E-state index in [-0.39, 0.29) is 0 Å². The van der Waals surface area contributed by atoms with Gasteiger partial charge in [0.05, 0.1) is 15.6 Å². The standard InChI is InChI=1S/C14H14ClNO2S/c1-9-3-2-4-11(14(17)18)13(9)16-8-7-10-5-6-12(15)19-10/h2-6,16H,7-8H2,1H3,(H,17,18). The molecule has 0 bridgehead atoms. The number of para-hydroxylation sites is 1. The molecule has 0 fully saturated rings. The van der Waals surface area contributed by atoms with Gasteiger partial charge in [-0.25, -0.2) is 4.79 Å². The molecule has 0 atom stereocenters. The lowest BCUT2D eigenvalue weighted by Crippen LogP contribution is -2.10. The smallest absolute Gasteiger partial charge is 0.337 e. The van der Waals surface area contributed by atoms with Crippen LogP contribution in [0.2, 0.25) is 4.34 Å². The highest BCUT2D eigenvalue weighted by Gasteiger charge is 2.11. The minimum Gasteiger partial charge on any atom is -0.478 e. The number of thiophene rings is 1. The number of aryl methyl sites for hydroxylation is 1. The summed E-state index contributed by atoms with van der Waals surface area (Å²) in [5, 5.41) is 12.4. The monoisotopic (exact) mass is 295 g/mol. The Morgan fingerprint density at radius 1 is 1.37 bits per heavy atom. The minimum absolute atomic E-state index is 0.309. The maximum absolute atomic E-state index is 11.2. The molecule has 100 valence electrons. The number of hydrogen-bond donors (Lipinski definition) is 2. The molecule has 0 unspecified atom stereocenters. The third-order valence-corrected chi connectivity index (χ3v) is 4.10. The van der Waals surface area contributed by atoms with Gasteiger partial charge >= 0.3 is 5.97 Å². The molecular weight excluding hydrogens is 282 g/mol. The second-order valence-corrected chi connectivity index (χ2v) is 5.98. The predicted molar refractivity (Wildman–Crippen MR) is 79.7 cm³/mol. The van der Waals surface area contributed by atoms with Gasteiger partial charge in [0.15, 0.2) is 0 Å². The van der Waals surface area contributed by atoms with Gasteiger partial charge in [0.25, 0.3) is 0 Å². The topological polar surface area (TPSA) is 49.3 Å². The molecule has 1 aromatic carbocycles. The van der Waals surface area contributed by atoms with Crippen LogP contribution in [0.5, 0.6) is 0 Å². The van der Waals surface area contributed by atoms with Gasteiger partial charge in [0, 0.05) is 11.4 Å². The lowest BCUT2D eigenvalue weighted by atomic mass is 10.1. The third-order valence-electron chi connectivity index (χ3n) is 2.81. The summed E-state index contributed by atoms with van der Waals surface area (Å²) in [6.45, 7) is 2.58. The quantitative estimate of drug-likeness (QED) is 0.874. The third kappa shape index (κ3) is 3.49. The van der Waals surface area contributed by atoms with Crippen molar-refractivity contribution in [2.75, 3.05) is 11.9 Å². The summed E-state index contributed by atoms with van der Waals surface area (Å²) in [5.41, 5.74) is 1.94.